The number of benzene rings is 1. The number of carbonyl (C=O) groups is 3. The number of Topliss-reactive ketones (excluding diaryl/α,β-unsaturated/α-hetero) is 2. The smallest absolute Gasteiger partial charge is 0.255 e. The molecule has 7 N–H and O–H groups in total. The number of aromatic hydroxyl groups is 1. The number of carbonyl (C=O) groups excluding carboxylic acids is 3. The lowest BCUT2D eigenvalue weighted by molar-refractivity contribution is -0.148. The molecule has 0 saturated heterocycles. The van der Waals surface area contributed by atoms with Crippen LogP contribution >= 0.6 is 11.6 Å². The van der Waals surface area contributed by atoms with Crippen LogP contribution in [-0.4, -0.2) is 80.3 Å². The normalized spacial score (nSPS) is 28.7. The van der Waals surface area contributed by atoms with Crippen molar-refractivity contribution >= 4 is 35.2 Å². The van der Waals surface area contributed by atoms with Gasteiger partial charge in [0.15, 0.2) is 11.4 Å². The van der Waals surface area contributed by atoms with Gasteiger partial charge in [-0.1, -0.05) is 17.7 Å². The van der Waals surface area contributed by atoms with E-state index in [1.54, 1.807) is 14.1 Å². The lowest BCUT2D eigenvalue weighted by Gasteiger charge is -2.50. The maximum absolute atomic E-state index is 13.5. The predicted molar refractivity (Wildman–Crippen MR) is 125 cm³/mol. The minimum atomic E-state index is -2.68. The van der Waals surface area contributed by atoms with Crippen molar-refractivity contribution in [3.63, 3.8) is 0 Å². The van der Waals surface area contributed by atoms with Gasteiger partial charge in [-0.2, -0.15) is 0 Å². The van der Waals surface area contributed by atoms with Crippen LogP contribution in [0.3, 0.4) is 0 Å². The standard InChI is InChI=1S/C24H25ClN2O8/c1-27(2)18-13-7-10-6-12-9(5-11(25)8-28)3-4-14(29)16(12)19(30)15(10)21(32)24(13,35)22(33)17(20(18)31)23(26)34/h3-5,10,13,18,28-29,31-32,35H,6-8H2,1-2H3,(H2,26,34)/b11-5-/t10?,13?,18?,24-/m0/s1. The van der Waals surface area contributed by atoms with Crippen molar-refractivity contribution in [1.29, 1.82) is 0 Å². The predicted octanol–water partition coefficient (Wildman–Crippen LogP) is 0.693. The molecule has 35 heavy (non-hydrogen) atoms. The number of phenolic OH excluding ortho intramolecular Hbond substituents is 1. The summed E-state index contributed by atoms with van der Waals surface area (Å²) in [6, 6.07) is 1.74. The number of amides is 1. The Bertz CT molecular complexity index is 1260. The number of primary amides is 1. The summed E-state index contributed by atoms with van der Waals surface area (Å²) in [6.07, 6.45) is 1.57. The van der Waals surface area contributed by atoms with E-state index in [4.69, 9.17) is 17.3 Å². The Morgan fingerprint density at radius 2 is 1.91 bits per heavy atom. The number of phenols is 1. The van der Waals surface area contributed by atoms with Gasteiger partial charge in [0.1, 0.15) is 22.8 Å². The average molecular weight is 505 g/mol. The number of hydrogen-bond donors (Lipinski definition) is 6. The fourth-order valence-electron chi connectivity index (χ4n) is 5.62. The highest BCUT2D eigenvalue weighted by Crippen LogP contribution is 2.52. The van der Waals surface area contributed by atoms with Crippen molar-refractivity contribution in [2.24, 2.45) is 17.6 Å². The molecule has 3 aliphatic carbocycles. The van der Waals surface area contributed by atoms with E-state index in [-0.39, 0.29) is 34.8 Å². The number of halogens is 1. The fourth-order valence-corrected chi connectivity index (χ4v) is 5.74. The summed E-state index contributed by atoms with van der Waals surface area (Å²) in [5.41, 5.74) is 2.31. The van der Waals surface area contributed by atoms with Gasteiger partial charge in [0.25, 0.3) is 5.91 Å². The van der Waals surface area contributed by atoms with E-state index >= 15 is 0 Å². The van der Waals surface area contributed by atoms with E-state index in [1.165, 1.54) is 23.1 Å². The van der Waals surface area contributed by atoms with Gasteiger partial charge >= 0.3 is 0 Å². The molecule has 1 aromatic carbocycles. The monoisotopic (exact) mass is 504 g/mol. The van der Waals surface area contributed by atoms with Crippen molar-refractivity contribution in [3.05, 3.63) is 56.5 Å². The lowest BCUT2D eigenvalue weighted by atomic mass is 9.58. The average Bonchev–Trinajstić information content (AvgIpc) is 2.77. The molecule has 0 aliphatic heterocycles. The molecule has 0 aromatic heterocycles. The van der Waals surface area contributed by atoms with Crippen LogP contribution < -0.4 is 5.73 Å². The van der Waals surface area contributed by atoms with Crippen LogP contribution in [0.2, 0.25) is 0 Å². The molecule has 1 amide bonds. The quantitative estimate of drug-likeness (QED) is 0.321. The van der Waals surface area contributed by atoms with Crippen LogP contribution in [-0.2, 0) is 16.0 Å². The first-order valence-electron chi connectivity index (χ1n) is 10.8. The van der Waals surface area contributed by atoms with Crippen LogP contribution in [0.4, 0.5) is 0 Å². The summed E-state index contributed by atoms with van der Waals surface area (Å²) in [6.45, 7) is -0.434. The van der Waals surface area contributed by atoms with Crippen molar-refractivity contribution in [1.82, 2.24) is 4.90 Å². The summed E-state index contributed by atoms with van der Waals surface area (Å²) in [7, 11) is 3.12. The second-order valence-electron chi connectivity index (χ2n) is 9.24. The molecule has 4 rings (SSSR count). The van der Waals surface area contributed by atoms with Gasteiger partial charge in [-0.3, -0.25) is 19.3 Å². The number of likely N-dealkylation sites (N-methyl/N-ethyl adjacent to an activating group) is 1. The molecule has 0 radical (unpaired) electrons. The number of ketones is 2. The second kappa shape index (κ2) is 8.49. The fraction of sp³-hybridized carbons (Fsp3) is 0.375. The second-order valence-corrected chi connectivity index (χ2v) is 9.73. The minimum absolute atomic E-state index is 0.0156. The molecule has 4 atom stereocenters. The molecule has 3 unspecified atom stereocenters. The third-order valence-electron chi connectivity index (χ3n) is 7.11. The molecule has 1 aromatic rings. The summed E-state index contributed by atoms with van der Waals surface area (Å²) in [5, 5.41) is 53.4. The van der Waals surface area contributed by atoms with Crippen molar-refractivity contribution < 1.29 is 39.9 Å². The zero-order chi connectivity index (χ0) is 26.0. The molecule has 0 saturated carbocycles. The molecule has 0 spiro atoms. The summed E-state index contributed by atoms with van der Waals surface area (Å²) >= 11 is 5.98. The van der Waals surface area contributed by atoms with Crippen LogP contribution in [0.1, 0.15) is 27.9 Å². The Morgan fingerprint density at radius 3 is 2.49 bits per heavy atom. The first-order chi connectivity index (χ1) is 16.4. The van der Waals surface area contributed by atoms with Crippen molar-refractivity contribution in [3.8, 4) is 5.75 Å². The highest BCUT2D eigenvalue weighted by atomic mass is 35.5. The van der Waals surface area contributed by atoms with Crippen LogP contribution in [0.15, 0.2) is 39.8 Å². The lowest BCUT2D eigenvalue weighted by Crippen LogP contribution is -2.63. The Morgan fingerprint density at radius 1 is 1.26 bits per heavy atom. The number of rotatable bonds is 4. The van der Waals surface area contributed by atoms with E-state index in [9.17, 15) is 39.9 Å². The van der Waals surface area contributed by atoms with Crippen LogP contribution in [0.5, 0.6) is 5.75 Å². The SMILES string of the molecule is CN(C)C1C(O)=C(C(N)=O)C(=O)[C@@]2(O)C(O)=C3C(=O)c4c(O)ccc(/C=C(\Cl)CO)c4CC3CC12. The van der Waals surface area contributed by atoms with Crippen LogP contribution in [0.25, 0.3) is 6.08 Å². The summed E-state index contributed by atoms with van der Waals surface area (Å²) in [4.78, 5) is 40.2. The summed E-state index contributed by atoms with van der Waals surface area (Å²) < 4.78 is 0. The molecule has 11 heteroatoms. The third-order valence-corrected chi connectivity index (χ3v) is 7.33. The number of allylic oxidation sites excluding steroid dienone is 1. The van der Waals surface area contributed by atoms with Gasteiger partial charge in [0.2, 0.25) is 5.78 Å². The highest BCUT2D eigenvalue weighted by Gasteiger charge is 2.63. The first kappa shape index (κ1) is 24.9. The first-order valence-corrected chi connectivity index (χ1v) is 11.2. The molecule has 10 nitrogen and oxygen atoms in total. The molecular weight excluding hydrogens is 480 g/mol. The molecule has 186 valence electrons. The van der Waals surface area contributed by atoms with E-state index in [0.29, 0.717) is 11.1 Å². The number of fused-ring (bicyclic) bond motifs is 3. The zero-order valence-corrected chi connectivity index (χ0v) is 19.7. The van der Waals surface area contributed by atoms with Gasteiger partial charge in [-0.05, 0) is 56.1 Å². The molecule has 0 fully saturated rings. The number of nitrogens with two attached hydrogens (primary N) is 1. The van der Waals surface area contributed by atoms with Gasteiger partial charge in [0, 0.05) is 16.5 Å². The van der Waals surface area contributed by atoms with E-state index < -0.39 is 64.7 Å². The molecule has 0 bridgehead atoms. The largest absolute Gasteiger partial charge is 0.510 e. The maximum Gasteiger partial charge on any atom is 0.255 e. The number of hydrogen-bond acceptors (Lipinski definition) is 9. The summed E-state index contributed by atoms with van der Waals surface area (Å²) in [5.74, 6) is -7.07. The third kappa shape index (κ3) is 3.48. The van der Waals surface area contributed by atoms with E-state index in [2.05, 4.69) is 0 Å². The Labute approximate surface area is 205 Å². The highest BCUT2D eigenvalue weighted by molar-refractivity contribution is 6.31. The molecular formula is C24H25ClN2O8. The number of aliphatic hydroxyl groups excluding tert-OH is 3. The molecule has 0 heterocycles. The topological polar surface area (TPSA) is 182 Å². The van der Waals surface area contributed by atoms with Crippen molar-refractivity contribution in [2.75, 3.05) is 20.7 Å². The van der Waals surface area contributed by atoms with Gasteiger partial charge in [0.05, 0.1) is 18.2 Å². The van der Waals surface area contributed by atoms with Gasteiger partial charge in [-0.25, -0.2) is 0 Å². The van der Waals surface area contributed by atoms with Gasteiger partial charge < -0.3 is 31.3 Å². The minimum Gasteiger partial charge on any atom is -0.510 e. The Kier molecular flexibility index (Phi) is 6.05. The van der Waals surface area contributed by atoms with Gasteiger partial charge in [-0.15, -0.1) is 0 Å². The van der Waals surface area contributed by atoms with E-state index in [1.807, 2.05) is 0 Å². The Hall–Kier alpha value is -3.18. The molecule has 3 aliphatic rings. The van der Waals surface area contributed by atoms with Crippen LogP contribution in [0, 0.1) is 11.8 Å². The zero-order valence-electron chi connectivity index (χ0n) is 18.9. The number of nitrogens with zero attached hydrogens (tertiary/aromatic N) is 1. The van der Waals surface area contributed by atoms with Crippen molar-refractivity contribution in [2.45, 2.75) is 24.5 Å². The number of aliphatic hydroxyl groups is 4. The van der Waals surface area contributed by atoms with E-state index in [0.717, 1.165) is 0 Å². The maximum atomic E-state index is 13.5. The Balaban J connectivity index is 1.96.